The Bertz CT molecular complexity index is 1720. The number of anilines is 5. The van der Waals surface area contributed by atoms with Crippen molar-refractivity contribution in [3.63, 3.8) is 0 Å². The third-order valence-electron chi connectivity index (χ3n) is 7.84. The van der Waals surface area contributed by atoms with Crippen molar-refractivity contribution in [1.82, 2.24) is 15.0 Å². The SMILES string of the molecule is COc1ccc(N2C(=O)[C@@H](C)N([C@H]3CC[C@H](OC)CC3)c3nc(Nc4ccc5[nH]c(=O)oc5c4)ncc32)cc1C#N. The Morgan fingerprint density at radius 1 is 1.12 bits per heavy atom. The molecule has 1 saturated carbocycles. The number of methoxy groups -OCH3 is 2. The van der Waals surface area contributed by atoms with Gasteiger partial charge in [0.1, 0.15) is 23.5 Å². The third-order valence-corrected chi connectivity index (χ3v) is 7.84. The summed E-state index contributed by atoms with van der Waals surface area (Å²) in [6.45, 7) is 1.88. The van der Waals surface area contributed by atoms with Gasteiger partial charge >= 0.3 is 5.76 Å². The number of H-pyrrole nitrogens is 1. The van der Waals surface area contributed by atoms with Crippen LogP contribution < -0.4 is 25.6 Å². The molecule has 2 N–H and O–H groups in total. The molecule has 1 fully saturated rings. The summed E-state index contributed by atoms with van der Waals surface area (Å²) in [4.78, 5) is 41.3. The lowest BCUT2D eigenvalue weighted by Crippen LogP contribution is -2.55. The van der Waals surface area contributed by atoms with Gasteiger partial charge in [0.2, 0.25) is 5.95 Å². The first kappa shape index (κ1) is 26.3. The van der Waals surface area contributed by atoms with Crippen LogP contribution in [0.25, 0.3) is 11.1 Å². The predicted octanol–water partition coefficient (Wildman–Crippen LogP) is 4.37. The zero-order valence-corrected chi connectivity index (χ0v) is 22.9. The minimum absolute atomic E-state index is 0.0834. The molecule has 41 heavy (non-hydrogen) atoms. The fourth-order valence-corrected chi connectivity index (χ4v) is 5.77. The van der Waals surface area contributed by atoms with E-state index in [2.05, 4.69) is 26.3 Å². The van der Waals surface area contributed by atoms with Crippen LogP contribution in [0.1, 0.15) is 38.2 Å². The predicted molar refractivity (Wildman–Crippen MR) is 152 cm³/mol. The topological polar surface area (TPSA) is 150 Å². The van der Waals surface area contributed by atoms with E-state index in [1.54, 1.807) is 54.6 Å². The average molecular weight is 556 g/mol. The minimum Gasteiger partial charge on any atom is -0.495 e. The summed E-state index contributed by atoms with van der Waals surface area (Å²) >= 11 is 0. The zero-order valence-electron chi connectivity index (χ0n) is 22.9. The lowest BCUT2D eigenvalue weighted by Gasteiger charge is -2.46. The van der Waals surface area contributed by atoms with Crippen LogP contribution in [0.2, 0.25) is 0 Å². The van der Waals surface area contributed by atoms with Crippen LogP contribution in [0.5, 0.6) is 5.75 Å². The zero-order chi connectivity index (χ0) is 28.7. The molecule has 0 radical (unpaired) electrons. The van der Waals surface area contributed by atoms with Crippen molar-refractivity contribution in [2.24, 2.45) is 0 Å². The molecular weight excluding hydrogens is 526 g/mol. The highest BCUT2D eigenvalue weighted by Crippen LogP contribution is 2.43. The number of rotatable bonds is 6. The van der Waals surface area contributed by atoms with E-state index in [9.17, 15) is 14.9 Å². The van der Waals surface area contributed by atoms with Crippen LogP contribution in [0, 0.1) is 11.3 Å². The van der Waals surface area contributed by atoms with E-state index in [4.69, 9.17) is 18.9 Å². The summed E-state index contributed by atoms with van der Waals surface area (Å²) in [5.74, 6) is 0.691. The number of fused-ring (bicyclic) bond motifs is 2. The van der Waals surface area contributed by atoms with Crippen LogP contribution >= 0.6 is 0 Å². The Labute approximate surface area is 235 Å². The molecule has 0 bridgehead atoms. The number of nitrogens with one attached hydrogen (secondary N) is 2. The van der Waals surface area contributed by atoms with E-state index in [-0.39, 0.29) is 18.1 Å². The molecule has 4 aromatic rings. The van der Waals surface area contributed by atoms with Gasteiger partial charge < -0.3 is 24.1 Å². The molecule has 2 aromatic carbocycles. The number of carbonyl (C=O) groups is 1. The number of hydrogen-bond acceptors (Lipinski definition) is 10. The van der Waals surface area contributed by atoms with E-state index in [1.807, 2.05) is 6.92 Å². The van der Waals surface area contributed by atoms with E-state index in [0.717, 1.165) is 25.7 Å². The van der Waals surface area contributed by atoms with Gasteiger partial charge in [0.25, 0.3) is 5.91 Å². The van der Waals surface area contributed by atoms with Crippen molar-refractivity contribution in [1.29, 1.82) is 5.26 Å². The van der Waals surface area contributed by atoms with Crippen LogP contribution in [-0.2, 0) is 9.53 Å². The summed E-state index contributed by atoms with van der Waals surface area (Å²) in [5, 5.41) is 12.9. The Balaban J connectivity index is 1.42. The molecule has 2 aromatic heterocycles. The number of amides is 1. The van der Waals surface area contributed by atoms with Crippen LogP contribution in [0.3, 0.4) is 0 Å². The van der Waals surface area contributed by atoms with Gasteiger partial charge in [-0.3, -0.25) is 14.7 Å². The standard InChI is InChI=1S/C29H29N7O5/c1-16-27(37)36(20-7-11-24(40-3)17(12-20)14-30)23-15-31-28(32-18-4-10-22-25(13-18)41-29(38)33-22)34-26(23)35(16)19-5-8-21(39-2)9-6-19/h4,7,10-13,15-16,19,21H,5-6,8-9H2,1-3H3,(H,33,38)(H,31,32,34)/t16-,19-,21-/m1/s1. The van der Waals surface area contributed by atoms with Crippen molar-refractivity contribution < 1.29 is 18.7 Å². The second-order valence-electron chi connectivity index (χ2n) is 10.2. The van der Waals surface area contributed by atoms with Crippen molar-refractivity contribution in [3.05, 3.63) is 58.7 Å². The number of ether oxygens (including phenoxy) is 2. The molecule has 0 spiro atoms. The van der Waals surface area contributed by atoms with Gasteiger partial charge in [0, 0.05) is 24.9 Å². The van der Waals surface area contributed by atoms with Crippen molar-refractivity contribution in [2.45, 2.75) is 50.8 Å². The molecule has 1 aliphatic heterocycles. The monoisotopic (exact) mass is 555 g/mol. The van der Waals surface area contributed by atoms with Gasteiger partial charge in [0.05, 0.1) is 36.2 Å². The largest absolute Gasteiger partial charge is 0.495 e. The molecule has 3 heterocycles. The second-order valence-corrected chi connectivity index (χ2v) is 10.2. The Morgan fingerprint density at radius 2 is 1.93 bits per heavy atom. The van der Waals surface area contributed by atoms with Crippen LogP contribution in [0.4, 0.5) is 28.8 Å². The average Bonchev–Trinajstić information content (AvgIpc) is 3.37. The van der Waals surface area contributed by atoms with Gasteiger partial charge in [-0.1, -0.05) is 0 Å². The highest BCUT2D eigenvalue weighted by atomic mass is 16.5. The van der Waals surface area contributed by atoms with E-state index < -0.39 is 11.8 Å². The Morgan fingerprint density at radius 3 is 2.66 bits per heavy atom. The molecule has 2 aliphatic rings. The van der Waals surface area contributed by atoms with Crippen molar-refractivity contribution >= 4 is 45.8 Å². The van der Waals surface area contributed by atoms with Gasteiger partial charge in [-0.05, 0) is 62.9 Å². The lowest BCUT2D eigenvalue weighted by molar-refractivity contribution is -0.119. The first-order valence-electron chi connectivity index (χ1n) is 13.4. The van der Waals surface area contributed by atoms with E-state index in [1.165, 1.54) is 7.11 Å². The van der Waals surface area contributed by atoms with E-state index >= 15 is 0 Å². The van der Waals surface area contributed by atoms with Crippen molar-refractivity contribution in [2.75, 3.05) is 29.3 Å². The highest BCUT2D eigenvalue weighted by Gasteiger charge is 2.42. The molecule has 0 unspecified atom stereocenters. The van der Waals surface area contributed by atoms with Crippen LogP contribution in [-0.4, -0.2) is 53.3 Å². The first-order valence-corrected chi connectivity index (χ1v) is 13.4. The summed E-state index contributed by atoms with van der Waals surface area (Å²) in [6, 6.07) is 12.0. The third kappa shape index (κ3) is 4.74. The Hall–Kier alpha value is -4.89. The Kier molecular flexibility index (Phi) is 6.80. The number of aromatic nitrogens is 3. The maximum Gasteiger partial charge on any atom is 0.417 e. The molecule has 1 aliphatic carbocycles. The number of carbonyl (C=O) groups excluding carboxylic acids is 1. The van der Waals surface area contributed by atoms with Crippen LogP contribution in [0.15, 0.2) is 51.8 Å². The van der Waals surface area contributed by atoms with Gasteiger partial charge in [-0.2, -0.15) is 10.2 Å². The number of nitrogens with zero attached hydrogens (tertiary/aromatic N) is 5. The fraction of sp³-hybridized carbons (Fsp3) is 0.345. The van der Waals surface area contributed by atoms with E-state index in [0.29, 0.717) is 51.2 Å². The first-order chi connectivity index (χ1) is 19.9. The number of aromatic amines is 1. The van der Waals surface area contributed by atoms with Crippen molar-refractivity contribution in [3.8, 4) is 11.8 Å². The lowest BCUT2D eigenvalue weighted by atomic mass is 9.90. The molecule has 210 valence electrons. The maximum atomic E-state index is 14.0. The smallest absolute Gasteiger partial charge is 0.417 e. The molecule has 1 amide bonds. The molecule has 1 atom stereocenters. The fourth-order valence-electron chi connectivity index (χ4n) is 5.77. The number of nitriles is 1. The summed E-state index contributed by atoms with van der Waals surface area (Å²) in [6.07, 6.45) is 5.30. The van der Waals surface area contributed by atoms with Gasteiger partial charge in [0.15, 0.2) is 11.4 Å². The normalized spacial score (nSPS) is 20.5. The highest BCUT2D eigenvalue weighted by molar-refractivity contribution is 6.10. The second kappa shape index (κ2) is 10.6. The summed E-state index contributed by atoms with van der Waals surface area (Å²) in [7, 11) is 3.23. The molecule has 0 saturated heterocycles. The minimum atomic E-state index is -0.530. The summed E-state index contributed by atoms with van der Waals surface area (Å²) in [5.41, 5.74) is 3.00. The molecule has 12 heteroatoms. The number of hydrogen-bond donors (Lipinski definition) is 2. The van der Waals surface area contributed by atoms with Gasteiger partial charge in [-0.25, -0.2) is 9.78 Å². The maximum absolute atomic E-state index is 14.0. The molecule has 12 nitrogen and oxygen atoms in total. The number of oxazole rings is 1. The molecular formula is C29H29N7O5. The van der Waals surface area contributed by atoms with Gasteiger partial charge in [-0.15, -0.1) is 0 Å². The molecule has 6 rings (SSSR count). The summed E-state index contributed by atoms with van der Waals surface area (Å²) < 4.78 is 16.1. The quantitative estimate of drug-likeness (QED) is 0.351. The number of benzene rings is 2.